The van der Waals surface area contributed by atoms with Crippen LogP contribution in [-0.2, 0) is 15.7 Å². The highest BCUT2D eigenvalue weighted by Gasteiger charge is 2.18. The predicted octanol–water partition coefficient (Wildman–Crippen LogP) is 4.85. The number of fused-ring (bicyclic) bond motifs is 1. The van der Waals surface area contributed by atoms with Crippen LogP contribution in [0.2, 0.25) is 0 Å². The molecule has 0 saturated carbocycles. The van der Waals surface area contributed by atoms with Crippen molar-refractivity contribution < 1.29 is 8.95 Å². The van der Waals surface area contributed by atoms with Crippen LogP contribution in [0.1, 0.15) is 0 Å². The van der Waals surface area contributed by atoms with Crippen molar-refractivity contribution in [2.75, 3.05) is 36.3 Å². The van der Waals surface area contributed by atoms with E-state index in [1.807, 2.05) is 83.2 Å². The zero-order chi connectivity index (χ0) is 22.5. The molecule has 1 saturated heterocycles. The second kappa shape index (κ2) is 10.3. The van der Waals surface area contributed by atoms with E-state index in [4.69, 9.17) is 14.7 Å². The Morgan fingerprint density at radius 2 is 1.45 bits per heavy atom. The Morgan fingerprint density at radius 3 is 2.15 bits per heavy atom. The molecule has 1 aliphatic rings. The lowest BCUT2D eigenvalue weighted by atomic mass is 10.3. The summed E-state index contributed by atoms with van der Waals surface area (Å²) in [7, 11) is -1.19. The molecular weight excluding hydrogens is 454 g/mol. The molecule has 0 spiro atoms. The van der Waals surface area contributed by atoms with Gasteiger partial charge < -0.3 is 14.8 Å². The zero-order valence-electron chi connectivity index (χ0n) is 17.8. The van der Waals surface area contributed by atoms with Crippen molar-refractivity contribution in [1.82, 2.24) is 14.3 Å². The quantitative estimate of drug-likeness (QED) is 0.369. The molecule has 1 aliphatic heterocycles. The number of morpholine rings is 1. The lowest BCUT2D eigenvalue weighted by molar-refractivity contribution is 0.0752. The first-order valence-electron chi connectivity index (χ1n) is 10.6. The summed E-state index contributed by atoms with van der Waals surface area (Å²) in [5.74, 6) is 1.27. The van der Waals surface area contributed by atoms with Crippen LogP contribution in [0.3, 0.4) is 0 Å². The van der Waals surface area contributed by atoms with Crippen molar-refractivity contribution in [3.05, 3.63) is 78.9 Å². The molecule has 7 nitrogen and oxygen atoms in total. The van der Waals surface area contributed by atoms with Crippen LogP contribution < -0.4 is 10.0 Å². The molecule has 1 aromatic heterocycles. The van der Waals surface area contributed by atoms with Gasteiger partial charge in [-0.3, -0.25) is 0 Å². The molecule has 0 amide bonds. The third-order valence-electron chi connectivity index (χ3n) is 5.10. The van der Waals surface area contributed by atoms with E-state index in [1.165, 1.54) is 11.9 Å². The number of anilines is 3. The molecule has 0 radical (unpaired) electrons. The molecule has 0 bridgehead atoms. The van der Waals surface area contributed by atoms with Crippen LogP contribution in [0.4, 0.5) is 17.3 Å². The molecule has 5 rings (SSSR count). The Bertz CT molecular complexity index is 1250. The SMILES string of the molecule is O=S(c1ccc(Nc2nc3ccccc3nc2NSc2ccccc2)cc1)N1CCOCC1. The molecule has 1 unspecified atom stereocenters. The highest BCUT2D eigenvalue weighted by molar-refractivity contribution is 8.00. The van der Waals surface area contributed by atoms with Crippen molar-refractivity contribution in [3.63, 3.8) is 0 Å². The topological polar surface area (TPSA) is 79.4 Å². The Labute approximate surface area is 199 Å². The van der Waals surface area contributed by atoms with Crippen molar-refractivity contribution in [1.29, 1.82) is 0 Å². The van der Waals surface area contributed by atoms with Gasteiger partial charge in [-0.15, -0.1) is 0 Å². The molecule has 33 heavy (non-hydrogen) atoms. The third kappa shape index (κ3) is 5.33. The van der Waals surface area contributed by atoms with Crippen molar-refractivity contribution in [3.8, 4) is 0 Å². The Balaban J connectivity index is 1.37. The van der Waals surface area contributed by atoms with E-state index >= 15 is 0 Å². The molecule has 9 heteroatoms. The maximum atomic E-state index is 12.8. The second-order valence-corrected chi connectivity index (χ2v) is 9.73. The lowest BCUT2D eigenvalue weighted by Crippen LogP contribution is -2.37. The molecule has 4 aromatic rings. The minimum Gasteiger partial charge on any atom is -0.379 e. The van der Waals surface area contributed by atoms with Gasteiger partial charge in [0.2, 0.25) is 0 Å². The highest BCUT2D eigenvalue weighted by atomic mass is 32.2. The van der Waals surface area contributed by atoms with Crippen LogP contribution in [0.25, 0.3) is 11.0 Å². The van der Waals surface area contributed by atoms with E-state index in [0.717, 1.165) is 26.5 Å². The van der Waals surface area contributed by atoms with Gasteiger partial charge >= 0.3 is 0 Å². The minimum atomic E-state index is -1.19. The molecule has 1 fully saturated rings. The van der Waals surface area contributed by atoms with Gasteiger partial charge in [0.1, 0.15) is 11.0 Å². The summed E-state index contributed by atoms with van der Waals surface area (Å²) < 4.78 is 23.4. The van der Waals surface area contributed by atoms with E-state index < -0.39 is 11.0 Å². The minimum absolute atomic E-state index is 0.614. The van der Waals surface area contributed by atoms with Crippen LogP contribution in [0.5, 0.6) is 0 Å². The average Bonchev–Trinajstić information content (AvgIpc) is 2.88. The summed E-state index contributed by atoms with van der Waals surface area (Å²) >= 11 is 1.48. The molecule has 1 atom stereocenters. The molecule has 168 valence electrons. The summed E-state index contributed by atoms with van der Waals surface area (Å²) in [5.41, 5.74) is 2.46. The molecule has 0 aliphatic carbocycles. The summed E-state index contributed by atoms with van der Waals surface area (Å²) in [5, 5.41) is 3.36. The van der Waals surface area contributed by atoms with Gasteiger partial charge in [0.15, 0.2) is 11.6 Å². The normalized spacial score (nSPS) is 15.3. The van der Waals surface area contributed by atoms with E-state index in [0.29, 0.717) is 37.9 Å². The van der Waals surface area contributed by atoms with E-state index in [-0.39, 0.29) is 0 Å². The fourth-order valence-corrected chi connectivity index (χ4v) is 5.20. The van der Waals surface area contributed by atoms with E-state index in [9.17, 15) is 4.21 Å². The van der Waals surface area contributed by atoms with Crippen molar-refractivity contribution in [2.45, 2.75) is 9.79 Å². The number of rotatable bonds is 7. The lowest BCUT2D eigenvalue weighted by Gasteiger charge is -2.25. The van der Waals surface area contributed by atoms with Crippen molar-refractivity contribution >= 4 is 51.3 Å². The van der Waals surface area contributed by atoms with Crippen LogP contribution in [0, 0.1) is 0 Å². The highest BCUT2D eigenvalue weighted by Crippen LogP contribution is 2.29. The van der Waals surface area contributed by atoms with Gasteiger partial charge in [-0.05, 0) is 60.5 Å². The smallest absolute Gasteiger partial charge is 0.180 e. The molecule has 2 heterocycles. The van der Waals surface area contributed by atoms with Crippen LogP contribution in [0.15, 0.2) is 88.7 Å². The number of benzene rings is 3. The number of ether oxygens (including phenoxy) is 1. The van der Waals surface area contributed by atoms with Gasteiger partial charge in [0.05, 0.1) is 29.1 Å². The third-order valence-corrected chi connectivity index (χ3v) is 7.42. The van der Waals surface area contributed by atoms with Gasteiger partial charge in [0.25, 0.3) is 0 Å². The maximum absolute atomic E-state index is 12.8. The Hall–Kier alpha value is -2.98. The monoisotopic (exact) mass is 477 g/mol. The number of hydrogen-bond acceptors (Lipinski definition) is 7. The Kier molecular flexibility index (Phi) is 6.82. The number of nitrogens with one attached hydrogen (secondary N) is 2. The first-order valence-corrected chi connectivity index (χ1v) is 12.5. The van der Waals surface area contributed by atoms with Gasteiger partial charge in [-0.1, -0.05) is 30.3 Å². The molecule has 2 N–H and O–H groups in total. The first kappa shape index (κ1) is 21.8. The molecule has 3 aromatic carbocycles. The average molecular weight is 478 g/mol. The van der Waals surface area contributed by atoms with Crippen molar-refractivity contribution in [2.24, 2.45) is 0 Å². The second-order valence-electron chi connectivity index (χ2n) is 7.37. The summed E-state index contributed by atoms with van der Waals surface area (Å²) in [4.78, 5) is 11.4. The largest absolute Gasteiger partial charge is 0.379 e. The number of aromatic nitrogens is 2. The summed E-state index contributed by atoms with van der Waals surface area (Å²) in [6.07, 6.45) is 0. The summed E-state index contributed by atoms with van der Waals surface area (Å²) in [6.45, 7) is 2.58. The van der Waals surface area contributed by atoms with E-state index in [2.05, 4.69) is 10.0 Å². The molecular formula is C24H23N5O2S2. The number of nitrogens with zero attached hydrogens (tertiary/aromatic N) is 3. The maximum Gasteiger partial charge on any atom is 0.180 e. The predicted molar refractivity (Wildman–Crippen MR) is 134 cm³/mol. The fraction of sp³-hybridized carbons (Fsp3) is 0.167. The number of para-hydroxylation sites is 2. The van der Waals surface area contributed by atoms with E-state index in [1.54, 1.807) is 0 Å². The van der Waals surface area contributed by atoms with Crippen LogP contribution in [-0.4, -0.2) is 44.8 Å². The zero-order valence-corrected chi connectivity index (χ0v) is 19.4. The summed E-state index contributed by atoms with van der Waals surface area (Å²) in [6, 6.07) is 25.4. The fourth-order valence-electron chi connectivity index (χ4n) is 3.41. The first-order chi connectivity index (χ1) is 16.3. The van der Waals surface area contributed by atoms with Gasteiger partial charge in [-0.25, -0.2) is 18.5 Å². The number of hydrogen-bond donors (Lipinski definition) is 2. The Morgan fingerprint density at radius 1 is 0.818 bits per heavy atom. The van der Waals surface area contributed by atoms with Crippen LogP contribution >= 0.6 is 11.9 Å². The van der Waals surface area contributed by atoms with Gasteiger partial charge in [0, 0.05) is 23.7 Å². The standard InChI is InChI=1S/C24H23N5O2S2/c30-33(29-14-16-31-17-15-29)20-12-10-18(11-13-20)25-23-24(28-32-19-6-2-1-3-7-19)27-22-9-5-4-8-21(22)26-23/h1-13H,14-17H2,(H,25,26)(H,27,28). The van der Waals surface area contributed by atoms with Gasteiger partial charge in [-0.2, -0.15) is 0 Å².